The minimum absolute atomic E-state index is 0.349. The quantitative estimate of drug-likeness (QED) is 0.254. The first-order valence-electron chi connectivity index (χ1n) is 9.42. The van der Waals surface area contributed by atoms with Crippen LogP contribution in [0, 0.1) is 11.8 Å². The highest BCUT2D eigenvalue weighted by molar-refractivity contribution is 4.65. The topological polar surface area (TPSA) is 20.2 Å². The first kappa shape index (κ1) is 20.7. The van der Waals surface area contributed by atoms with E-state index in [1.807, 2.05) is 6.08 Å². The number of hydrogen-bond donors (Lipinski definition) is 1. The summed E-state index contributed by atoms with van der Waals surface area (Å²) in [5.41, 5.74) is 0. The van der Waals surface area contributed by atoms with E-state index < -0.39 is 0 Å². The Balaban J connectivity index is 3.17. The summed E-state index contributed by atoms with van der Waals surface area (Å²) in [6.45, 7) is 8.64. The number of unbranched alkanes of at least 4 members (excludes halogenated alkanes) is 8. The standard InChI is InChI=1S/C20H40O/c1-4-5-6-7-8-9-10-11-12-13-15-19(2)16-14-17-20(3)18-21/h4,19-21H,1,5-18H2,2-3H3/t19-,20-/m1/s1. The van der Waals surface area contributed by atoms with Crippen molar-refractivity contribution in [2.45, 2.75) is 97.3 Å². The van der Waals surface area contributed by atoms with E-state index in [1.54, 1.807) is 0 Å². The Morgan fingerprint density at radius 3 is 1.76 bits per heavy atom. The summed E-state index contributed by atoms with van der Waals surface area (Å²) >= 11 is 0. The summed E-state index contributed by atoms with van der Waals surface area (Å²) < 4.78 is 0. The monoisotopic (exact) mass is 296 g/mol. The van der Waals surface area contributed by atoms with E-state index in [1.165, 1.54) is 83.5 Å². The van der Waals surface area contributed by atoms with Crippen LogP contribution in [0.4, 0.5) is 0 Å². The molecule has 0 aliphatic carbocycles. The van der Waals surface area contributed by atoms with Crippen LogP contribution < -0.4 is 0 Å². The largest absolute Gasteiger partial charge is 0.396 e. The van der Waals surface area contributed by atoms with Crippen LogP contribution >= 0.6 is 0 Å². The molecule has 0 unspecified atom stereocenters. The smallest absolute Gasteiger partial charge is 0.0456 e. The molecule has 0 aliphatic rings. The predicted molar refractivity (Wildman–Crippen MR) is 95.6 cm³/mol. The molecule has 0 aromatic rings. The van der Waals surface area contributed by atoms with E-state index in [-0.39, 0.29) is 0 Å². The Hall–Kier alpha value is -0.300. The van der Waals surface area contributed by atoms with Gasteiger partial charge in [-0.05, 0) is 31.1 Å². The Kier molecular flexibility index (Phi) is 15.8. The van der Waals surface area contributed by atoms with Gasteiger partial charge in [-0.2, -0.15) is 0 Å². The average Bonchev–Trinajstić information content (AvgIpc) is 2.49. The maximum atomic E-state index is 9.00. The van der Waals surface area contributed by atoms with Crippen molar-refractivity contribution in [3.8, 4) is 0 Å². The molecule has 0 amide bonds. The van der Waals surface area contributed by atoms with Crippen molar-refractivity contribution in [3.05, 3.63) is 12.7 Å². The summed E-state index contributed by atoms with van der Waals surface area (Å²) in [5.74, 6) is 1.36. The fraction of sp³-hybridized carbons (Fsp3) is 0.900. The molecule has 0 spiro atoms. The summed E-state index contributed by atoms with van der Waals surface area (Å²) in [4.78, 5) is 0. The van der Waals surface area contributed by atoms with Crippen molar-refractivity contribution in [2.75, 3.05) is 6.61 Å². The fourth-order valence-electron chi connectivity index (χ4n) is 2.89. The van der Waals surface area contributed by atoms with Crippen molar-refractivity contribution >= 4 is 0 Å². The molecular weight excluding hydrogens is 256 g/mol. The molecule has 1 N–H and O–H groups in total. The normalized spacial score (nSPS) is 14.0. The maximum Gasteiger partial charge on any atom is 0.0456 e. The number of allylic oxidation sites excluding steroid dienone is 1. The molecule has 2 atom stereocenters. The van der Waals surface area contributed by atoms with E-state index in [4.69, 9.17) is 5.11 Å². The molecule has 0 fully saturated rings. The van der Waals surface area contributed by atoms with Gasteiger partial charge in [-0.25, -0.2) is 0 Å². The molecular formula is C20H40O. The highest BCUT2D eigenvalue weighted by Gasteiger charge is 2.04. The lowest BCUT2D eigenvalue weighted by Crippen LogP contribution is -2.02. The van der Waals surface area contributed by atoms with Crippen molar-refractivity contribution < 1.29 is 5.11 Å². The van der Waals surface area contributed by atoms with Gasteiger partial charge in [0.2, 0.25) is 0 Å². The zero-order chi connectivity index (χ0) is 15.8. The number of aliphatic hydroxyl groups excluding tert-OH is 1. The second kappa shape index (κ2) is 16.1. The van der Waals surface area contributed by atoms with Gasteiger partial charge >= 0.3 is 0 Å². The van der Waals surface area contributed by atoms with Gasteiger partial charge in [0.15, 0.2) is 0 Å². The molecule has 0 aromatic carbocycles. The average molecular weight is 297 g/mol. The summed E-state index contributed by atoms with van der Waals surface area (Å²) in [6, 6.07) is 0. The van der Waals surface area contributed by atoms with E-state index in [9.17, 15) is 0 Å². The first-order valence-corrected chi connectivity index (χ1v) is 9.42. The summed E-state index contributed by atoms with van der Waals surface area (Å²) in [7, 11) is 0. The SMILES string of the molecule is C=CCCCCCCCCCC[C@@H](C)CCC[C@@H](C)CO. The number of aliphatic hydroxyl groups is 1. The first-order chi connectivity index (χ1) is 10.2. The molecule has 126 valence electrons. The highest BCUT2D eigenvalue weighted by atomic mass is 16.3. The lowest BCUT2D eigenvalue weighted by Gasteiger charge is -2.12. The molecule has 0 aliphatic heterocycles. The molecule has 1 nitrogen and oxygen atoms in total. The van der Waals surface area contributed by atoms with Gasteiger partial charge in [-0.3, -0.25) is 0 Å². The Morgan fingerprint density at radius 2 is 1.19 bits per heavy atom. The third-order valence-corrected chi connectivity index (χ3v) is 4.56. The van der Waals surface area contributed by atoms with Crippen LogP contribution in [0.15, 0.2) is 12.7 Å². The molecule has 21 heavy (non-hydrogen) atoms. The van der Waals surface area contributed by atoms with Crippen molar-refractivity contribution in [1.29, 1.82) is 0 Å². The molecule has 0 rings (SSSR count). The molecule has 0 heterocycles. The molecule has 0 saturated heterocycles. The third-order valence-electron chi connectivity index (χ3n) is 4.56. The van der Waals surface area contributed by atoms with Crippen molar-refractivity contribution in [2.24, 2.45) is 11.8 Å². The van der Waals surface area contributed by atoms with Gasteiger partial charge in [0.05, 0.1) is 0 Å². The van der Waals surface area contributed by atoms with Crippen LogP contribution in [0.2, 0.25) is 0 Å². The molecule has 1 heteroatoms. The molecule has 0 bridgehead atoms. The van der Waals surface area contributed by atoms with Crippen LogP contribution in [0.3, 0.4) is 0 Å². The van der Waals surface area contributed by atoms with Gasteiger partial charge in [0, 0.05) is 6.61 Å². The van der Waals surface area contributed by atoms with Crippen LogP contribution in [0.25, 0.3) is 0 Å². The van der Waals surface area contributed by atoms with Crippen LogP contribution in [-0.2, 0) is 0 Å². The molecule has 0 saturated carbocycles. The Bertz CT molecular complexity index is 212. The highest BCUT2D eigenvalue weighted by Crippen LogP contribution is 2.19. The third kappa shape index (κ3) is 15.9. The van der Waals surface area contributed by atoms with Gasteiger partial charge in [-0.15, -0.1) is 6.58 Å². The van der Waals surface area contributed by atoms with Gasteiger partial charge in [0.1, 0.15) is 0 Å². The van der Waals surface area contributed by atoms with Crippen molar-refractivity contribution in [3.63, 3.8) is 0 Å². The van der Waals surface area contributed by atoms with Crippen LogP contribution in [0.1, 0.15) is 97.3 Å². The van der Waals surface area contributed by atoms with E-state index in [0.29, 0.717) is 12.5 Å². The molecule has 0 radical (unpaired) electrons. The second-order valence-electron chi connectivity index (χ2n) is 7.02. The zero-order valence-corrected chi connectivity index (χ0v) is 14.8. The summed E-state index contributed by atoms with van der Waals surface area (Å²) in [5, 5.41) is 9.00. The second-order valence-corrected chi connectivity index (χ2v) is 7.02. The van der Waals surface area contributed by atoms with E-state index in [0.717, 1.165) is 5.92 Å². The fourth-order valence-corrected chi connectivity index (χ4v) is 2.89. The van der Waals surface area contributed by atoms with Gasteiger partial charge in [-0.1, -0.05) is 84.1 Å². The zero-order valence-electron chi connectivity index (χ0n) is 14.8. The minimum atomic E-state index is 0.349. The number of rotatable bonds is 16. The van der Waals surface area contributed by atoms with Crippen LogP contribution in [0.5, 0.6) is 0 Å². The number of hydrogen-bond acceptors (Lipinski definition) is 1. The predicted octanol–water partition coefficient (Wildman–Crippen LogP) is 6.51. The Labute approximate surface area is 134 Å². The maximum absolute atomic E-state index is 9.00. The van der Waals surface area contributed by atoms with Crippen LogP contribution in [-0.4, -0.2) is 11.7 Å². The minimum Gasteiger partial charge on any atom is -0.396 e. The summed E-state index contributed by atoms with van der Waals surface area (Å²) in [6.07, 6.45) is 19.7. The van der Waals surface area contributed by atoms with E-state index >= 15 is 0 Å². The lowest BCUT2D eigenvalue weighted by molar-refractivity contribution is 0.225. The van der Waals surface area contributed by atoms with E-state index in [2.05, 4.69) is 20.4 Å². The van der Waals surface area contributed by atoms with Gasteiger partial charge < -0.3 is 5.11 Å². The lowest BCUT2D eigenvalue weighted by atomic mass is 9.94. The molecule has 0 aromatic heterocycles. The van der Waals surface area contributed by atoms with Gasteiger partial charge in [0.25, 0.3) is 0 Å². The van der Waals surface area contributed by atoms with Crippen molar-refractivity contribution in [1.82, 2.24) is 0 Å². The Morgan fingerprint density at radius 1 is 0.714 bits per heavy atom.